The van der Waals surface area contributed by atoms with Crippen LogP contribution in [0.2, 0.25) is 0 Å². The summed E-state index contributed by atoms with van der Waals surface area (Å²) in [6.45, 7) is 0.495. The van der Waals surface area contributed by atoms with Crippen molar-refractivity contribution in [1.29, 1.82) is 0 Å². The fourth-order valence-corrected chi connectivity index (χ4v) is 2.64. The molecule has 1 N–H and O–H groups in total. The van der Waals surface area contributed by atoms with E-state index in [9.17, 15) is 4.79 Å². The Morgan fingerprint density at radius 1 is 1.00 bits per heavy atom. The van der Waals surface area contributed by atoms with E-state index in [-0.39, 0.29) is 5.91 Å². The third kappa shape index (κ3) is 3.12. The summed E-state index contributed by atoms with van der Waals surface area (Å²) in [4.78, 5) is 12.3. The van der Waals surface area contributed by atoms with Crippen LogP contribution >= 0.6 is 0 Å². The smallest absolute Gasteiger partial charge is 0.251 e. The number of fused-ring (bicyclic) bond motifs is 1. The molecule has 7 nitrogen and oxygen atoms in total. The normalized spacial score (nSPS) is 10.9. The van der Waals surface area contributed by atoms with Crippen LogP contribution in [-0.4, -0.2) is 36.8 Å². The SMILES string of the molecule is O=C(NCCc1nnc2ccccn12)c1ccc(-n2cccn2)cc1. The summed E-state index contributed by atoms with van der Waals surface area (Å²) in [6.07, 6.45) is 6.11. The number of rotatable bonds is 5. The minimum atomic E-state index is -0.110. The third-order valence-electron chi connectivity index (χ3n) is 3.92. The zero-order valence-electron chi connectivity index (χ0n) is 13.4. The molecule has 3 aromatic heterocycles. The summed E-state index contributed by atoms with van der Waals surface area (Å²) >= 11 is 0. The zero-order chi connectivity index (χ0) is 17.1. The number of nitrogens with one attached hydrogen (secondary N) is 1. The summed E-state index contributed by atoms with van der Waals surface area (Å²) in [5.74, 6) is 0.714. The molecule has 124 valence electrons. The maximum absolute atomic E-state index is 12.3. The molecule has 0 radical (unpaired) electrons. The van der Waals surface area contributed by atoms with Gasteiger partial charge in [-0.25, -0.2) is 4.68 Å². The second kappa shape index (κ2) is 6.56. The highest BCUT2D eigenvalue weighted by Crippen LogP contribution is 2.09. The van der Waals surface area contributed by atoms with Crippen molar-refractivity contribution in [1.82, 2.24) is 29.7 Å². The Hall–Kier alpha value is -3.48. The van der Waals surface area contributed by atoms with Gasteiger partial charge in [0.25, 0.3) is 5.91 Å². The molecule has 0 saturated heterocycles. The molecule has 0 aliphatic rings. The first-order valence-corrected chi connectivity index (χ1v) is 7.98. The van der Waals surface area contributed by atoms with Gasteiger partial charge in [0.15, 0.2) is 5.65 Å². The Kier molecular flexibility index (Phi) is 3.96. The van der Waals surface area contributed by atoms with Crippen molar-refractivity contribution in [2.45, 2.75) is 6.42 Å². The number of hydrogen-bond donors (Lipinski definition) is 1. The lowest BCUT2D eigenvalue weighted by atomic mass is 10.2. The number of carbonyl (C=O) groups is 1. The fourth-order valence-electron chi connectivity index (χ4n) is 2.64. The molecule has 0 spiro atoms. The molecule has 0 unspecified atom stereocenters. The Balaban J connectivity index is 1.37. The summed E-state index contributed by atoms with van der Waals surface area (Å²) in [5.41, 5.74) is 2.33. The van der Waals surface area contributed by atoms with Gasteiger partial charge in [-0.3, -0.25) is 9.20 Å². The molecule has 4 rings (SSSR count). The number of benzene rings is 1. The number of nitrogens with zero attached hydrogens (tertiary/aromatic N) is 5. The Morgan fingerprint density at radius 2 is 1.88 bits per heavy atom. The van der Waals surface area contributed by atoms with Gasteiger partial charge >= 0.3 is 0 Å². The first-order chi connectivity index (χ1) is 12.3. The maximum Gasteiger partial charge on any atom is 0.251 e. The number of aromatic nitrogens is 5. The largest absolute Gasteiger partial charge is 0.352 e. The van der Waals surface area contributed by atoms with E-state index in [0.717, 1.165) is 17.2 Å². The second-order valence-corrected chi connectivity index (χ2v) is 5.55. The van der Waals surface area contributed by atoms with Crippen LogP contribution in [-0.2, 0) is 6.42 Å². The van der Waals surface area contributed by atoms with Crippen molar-refractivity contribution in [3.05, 3.63) is 78.5 Å². The number of amides is 1. The molecular formula is C18H16N6O. The van der Waals surface area contributed by atoms with Crippen LogP contribution in [0.4, 0.5) is 0 Å². The highest BCUT2D eigenvalue weighted by Gasteiger charge is 2.08. The summed E-state index contributed by atoms with van der Waals surface area (Å²) in [7, 11) is 0. The Bertz CT molecular complexity index is 988. The van der Waals surface area contributed by atoms with Gasteiger partial charge in [0.05, 0.1) is 5.69 Å². The molecule has 1 aromatic carbocycles. The van der Waals surface area contributed by atoms with Gasteiger partial charge in [-0.1, -0.05) is 6.07 Å². The van der Waals surface area contributed by atoms with E-state index in [1.54, 1.807) is 23.0 Å². The highest BCUT2D eigenvalue weighted by atomic mass is 16.1. The summed E-state index contributed by atoms with van der Waals surface area (Å²) in [5, 5.41) is 15.3. The molecule has 7 heteroatoms. The molecule has 0 atom stereocenters. The molecule has 0 fully saturated rings. The maximum atomic E-state index is 12.3. The zero-order valence-corrected chi connectivity index (χ0v) is 13.4. The first kappa shape index (κ1) is 15.1. The van der Waals surface area contributed by atoms with Crippen LogP contribution in [0.3, 0.4) is 0 Å². The van der Waals surface area contributed by atoms with Crippen LogP contribution in [0.25, 0.3) is 11.3 Å². The Labute approximate surface area is 143 Å². The lowest BCUT2D eigenvalue weighted by Crippen LogP contribution is -2.26. The summed E-state index contributed by atoms with van der Waals surface area (Å²) < 4.78 is 3.67. The molecule has 4 aromatic rings. The van der Waals surface area contributed by atoms with Crippen LogP contribution in [0.5, 0.6) is 0 Å². The van der Waals surface area contributed by atoms with Crippen molar-refractivity contribution < 1.29 is 4.79 Å². The Morgan fingerprint density at radius 3 is 2.68 bits per heavy atom. The van der Waals surface area contributed by atoms with Crippen LogP contribution in [0.1, 0.15) is 16.2 Å². The van der Waals surface area contributed by atoms with E-state index in [1.165, 1.54) is 0 Å². The van der Waals surface area contributed by atoms with E-state index in [4.69, 9.17) is 0 Å². The van der Waals surface area contributed by atoms with Gasteiger partial charge in [0.1, 0.15) is 5.82 Å². The first-order valence-electron chi connectivity index (χ1n) is 7.98. The molecule has 0 bridgehead atoms. The fraction of sp³-hybridized carbons (Fsp3) is 0.111. The van der Waals surface area contributed by atoms with Crippen LogP contribution < -0.4 is 5.32 Å². The van der Waals surface area contributed by atoms with E-state index < -0.39 is 0 Å². The van der Waals surface area contributed by atoms with E-state index in [2.05, 4.69) is 20.6 Å². The molecule has 25 heavy (non-hydrogen) atoms. The van der Waals surface area contributed by atoms with Gasteiger partial charge in [-0.05, 0) is 42.5 Å². The lowest BCUT2D eigenvalue weighted by Gasteiger charge is -2.06. The van der Waals surface area contributed by atoms with E-state index in [0.29, 0.717) is 18.5 Å². The highest BCUT2D eigenvalue weighted by molar-refractivity contribution is 5.94. The third-order valence-corrected chi connectivity index (χ3v) is 3.92. The quantitative estimate of drug-likeness (QED) is 0.605. The standard InChI is InChI=1S/C18H16N6O/c25-18(14-5-7-15(8-6-14)24-13-3-10-20-24)19-11-9-17-22-21-16-4-1-2-12-23(16)17/h1-8,10,12-13H,9,11H2,(H,19,25). The minimum Gasteiger partial charge on any atom is -0.352 e. The second-order valence-electron chi connectivity index (χ2n) is 5.55. The monoisotopic (exact) mass is 332 g/mol. The van der Waals surface area contributed by atoms with Crippen LogP contribution in [0.15, 0.2) is 67.1 Å². The average Bonchev–Trinajstić information content (AvgIpc) is 3.32. The molecule has 1 amide bonds. The number of hydrogen-bond acceptors (Lipinski definition) is 4. The van der Waals surface area contributed by atoms with E-state index in [1.807, 2.05) is 53.2 Å². The van der Waals surface area contributed by atoms with Gasteiger partial charge < -0.3 is 5.32 Å². The van der Waals surface area contributed by atoms with Crippen molar-refractivity contribution in [2.24, 2.45) is 0 Å². The molecular weight excluding hydrogens is 316 g/mol. The van der Waals surface area contributed by atoms with Gasteiger partial charge in [0.2, 0.25) is 0 Å². The lowest BCUT2D eigenvalue weighted by molar-refractivity contribution is 0.0954. The van der Waals surface area contributed by atoms with Gasteiger partial charge in [-0.15, -0.1) is 10.2 Å². The van der Waals surface area contributed by atoms with E-state index >= 15 is 0 Å². The van der Waals surface area contributed by atoms with Crippen LogP contribution in [0, 0.1) is 0 Å². The minimum absolute atomic E-state index is 0.110. The topological polar surface area (TPSA) is 77.1 Å². The molecule has 0 aliphatic heterocycles. The molecule has 0 saturated carbocycles. The molecule has 3 heterocycles. The van der Waals surface area contributed by atoms with Crippen molar-refractivity contribution >= 4 is 11.6 Å². The van der Waals surface area contributed by atoms with Gasteiger partial charge in [-0.2, -0.15) is 5.10 Å². The summed E-state index contributed by atoms with van der Waals surface area (Å²) in [6, 6.07) is 14.9. The predicted molar refractivity (Wildman–Crippen MR) is 92.6 cm³/mol. The molecule has 0 aliphatic carbocycles. The number of carbonyl (C=O) groups excluding carboxylic acids is 1. The van der Waals surface area contributed by atoms with Crippen molar-refractivity contribution in [3.63, 3.8) is 0 Å². The average molecular weight is 332 g/mol. The van der Waals surface area contributed by atoms with Crippen molar-refractivity contribution in [2.75, 3.05) is 6.54 Å². The number of pyridine rings is 1. The van der Waals surface area contributed by atoms with Gasteiger partial charge in [0, 0.05) is 37.1 Å². The van der Waals surface area contributed by atoms with Crippen molar-refractivity contribution in [3.8, 4) is 5.69 Å². The predicted octanol–water partition coefficient (Wildman–Crippen LogP) is 1.89.